The number of carbonyl (C=O) groups is 2. The number of hydrogen-bond donors (Lipinski definition) is 2. The molecule has 1 aromatic rings. The second-order valence-corrected chi connectivity index (χ2v) is 7.43. The highest BCUT2D eigenvalue weighted by atomic mass is 35.5. The van der Waals surface area contributed by atoms with Crippen molar-refractivity contribution in [2.45, 2.75) is 39.2 Å². The van der Waals surface area contributed by atoms with Crippen LogP contribution in [0.3, 0.4) is 0 Å². The molecular weight excluding hydrogens is 326 g/mol. The highest BCUT2D eigenvalue weighted by Crippen LogP contribution is 2.30. The van der Waals surface area contributed by atoms with Crippen LogP contribution in [0.1, 0.15) is 44.0 Å². The summed E-state index contributed by atoms with van der Waals surface area (Å²) in [5.41, 5.74) is 5.59. The number of nitrogens with zero attached hydrogens (tertiary/aromatic N) is 1. The molecule has 134 valence electrons. The average Bonchev–Trinajstić information content (AvgIpc) is 2.52. The molecule has 24 heavy (non-hydrogen) atoms. The Kier molecular flexibility index (Phi) is 6.81. The van der Waals surface area contributed by atoms with E-state index in [-0.39, 0.29) is 24.2 Å². The molecule has 1 aromatic carbocycles. The molecule has 2 rings (SSSR count). The maximum atomic E-state index is 12.6. The number of nitrogens with two attached hydrogens (primary N) is 1. The van der Waals surface area contributed by atoms with Crippen LogP contribution in [0.4, 0.5) is 0 Å². The molecule has 1 unspecified atom stereocenters. The zero-order valence-electron chi connectivity index (χ0n) is 14.7. The molecule has 1 fully saturated rings. The van der Waals surface area contributed by atoms with Gasteiger partial charge in [-0.05, 0) is 45.7 Å². The van der Waals surface area contributed by atoms with E-state index < -0.39 is 11.0 Å². The van der Waals surface area contributed by atoms with Crippen LogP contribution in [0.2, 0.25) is 0 Å². The first-order chi connectivity index (χ1) is 10.7. The van der Waals surface area contributed by atoms with E-state index in [2.05, 4.69) is 5.32 Å². The number of nitrogens with one attached hydrogen (secondary N) is 1. The van der Waals surface area contributed by atoms with Crippen LogP contribution in [0.25, 0.3) is 0 Å². The Morgan fingerprint density at radius 1 is 1.29 bits per heavy atom. The minimum atomic E-state index is -0.562. The predicted molar refractivity (Wildman–Crippen MR) is 98.2 cm³/mol. The molecule has 0 saturated carbocycles. The van der Waals surface area contributed by atoms with E-state index in [0.717, 1.165) is 12.8 Å². The largest absolute Gasteiger partial charge is 0.354 e. The normalized spacial score (nSPS) is 20.9. The number of halogens is 1. The predicted octanol–water partition coefficient (Wildman–Crippen LogP) is 2.20. The van der Waals surface area contributed by atoms with Gasteiger partial charge in [0.05, 0.1) is 5.41 Å². The molecule has 5 nitrogen and oxygen atoms in total. The topological polar surface area (TPSA) is 75.4 Å². The number of benzene rings is 1. The lowest BCUT2D eigenvalue weighted by molar-refractivity contribution is -0.132. The molecule has 0 radical (unpaired) electrons. The number of piperidine rings is 1. The van der Waals surface area contributed by atoms with E-state index in [1.165, 1.54) is 0 Å². The standard InChI is InChI=1S/C18H27N3O2.ClH/c1-17(2,19)12-20-16(23)18(3)10-7-11-21(13-18)15(22)14-8-5-4-6-9-14;/h4-6,8-9H,7,10-13,19H2,1-3H3,(H,20,23);1H. The van der Waals surface area contributed by atoms with Crippen LogP contribution in [0, 0.1) is 5.41 Å². The Balaban J connectivity index is 0.00000288. The van der Waals surface area contributed by atoms with Crippen LogP contribution in [-0.4, -0.2) is 41.9 Å². The van der Waals surface area contributed by atoms with E-state index in [4.69, 9.17) is 5.73 Å². The van der Waals surface area contributed by atoms with Gasteiger partial charge in [0.1, 0.15) is 0 Å². The minimum Gasteiger partial charge on any atom is -0.354 e. The van der Waals surface area contributed by atoms with Crippen molar-refractivity contribution in [2.24, 2.45) is 11.1 Å². The molecule has 0 spiro atoms. The molecule has 1 aliphatic heterocycles. The molecule has 1 atom stereocenters. The summed E-state index contributed by atoms with van der Waals surface area (Å²) in [5.74, 6) is -0.0370. The Labute approximate surface area is 150 Å². The van der Waals surface area contributed by atoms with Gasteiger partial charge in [-0.25, -0.2) is 0 Å². The maximum absolute atomic E-state index is 12.6. The van der Waals surface area contributed by atoms with Crippen LogP contribution in [0.15, 0.2) is 30.3 Å². The van der Waals surface area contributed by atoms with Crippen molar-refractivity contribution < 1.29 is 9.59 Å². The first kappa shape index (κ1) is 20.5. The van der Waals surface area contributed by atoms with Crippen molar-refractivity contribution in [2.75, 3.05) is 19.6 Å². The van der Waals surface area contributed by atoms with Crippen molar-refractivity contribution in [1.29, 1.82) is 0 Å². The quantitative estimate of drug-likeness (QED) is 0.871. The van der Waals surface area contributed by atoms with Gasteiger partial charge in [-0.2, -0.15) is 0 Å². The fourth-order valence-electron chi connectivity index (χ4n) is 2.88. The highest BCUT2D eigenvalue weighted by molar-refractivity contribution is 5.95. The Hall–Kier alpha value is -1.59. The van der Waals surface area contributed by atoms with Crippen molar-refractivity contribution in [3.05, 3.63) is 35.9 Å². The summed E-state index contributed by atoms with van der Waals surface area (Å²) in [5, 5.41) is 2.93. The summed E-state index contributed by atoms with van der Waals surface area (Å²) in [6, 6.07) is 9.22. The van der Waals surface area contributed by atoms with E-state index in [1.807, 2.05) is 51.1 Å². The fourth-order valence-corrected chi connectivity index (χ4v) is 2.88. The summed E-state index contributed by atoms with van der Waals surface area (Å²) >= 11 is 0. The van der Waals surface area contributed by atoms with Crippen molar-refractivity contribution in [1.82, 2.24) is 10.2 Å². The lowest BCUT2D eigenvalue weighted by atomic mass is 9.80. The molecule has 1 heterocycles. The van der Waals surface area contributed by atoms with Gasteiger partial charge in [0.15, 0.2) is 0 Å². The van der Waals surface area contributed by atoms with Crippen LogP contribution in [-0.2, 0) is 4.79 Å². The third-order valence-corrected chi connectivity index (χ3v) is 4.26. The SMILES string of the molecule is CC(C)(N)CNC(=O)C1(C)CCCN(C(=O)c2ccccc2)C1.Cl. The third kappa shape index (κ3) is 5.21. The van der Waals surface area contributed by atoms with Crippen LogP contribution in [0.5, 0.6) is 0 Å². The van der Waals surface area contributed by atoms with E-state index in [0.29, 0.717) is 25.2 Å². The molecule has 0 aliphatic carbocycles. The van der Waals surface area contributed by atoms with Gasteiger partial charge in [-0.15, -0.1) is 12.4 Å². The van der Waals surface area contributed by atoms with E-state index in [9.17, 15) is 9.59 Å². The lowest BCUT2D eigenvalue weighted by Crippen LogP contribution is -2.54. The number of likely N-dealkylation sites (tertiary alicyclic amines) is 1. The van der Waals surface area contributed by atoms with Gasteiger partial charge in [-0.1, -0.05) is 18.2 Å². The summed E-state index contributed by atoms with van der Waals surface area (Å²) in [4.78, 5) is 27.0. The molecule has 0 aromatic heterocycles. The van der Waals surface area contributed by atoms with Gasteiger partial charge in [0.25, 0.3) is 5.91 Å². The monoisotopic (exact) mass is 353 g/mol. The first-order valence-corrected chi connectivity index (χ1v) is 8.13. The Bertz CT molecular complexity index is 571. The van der Waals surface area contributed by atoms with Gasteiger partial charge in [0, 0.05) is 30.7 Å². The Morgan fingerprint density at radius 3 is 2.50 bits per heavy atom. The fraction of sp³-hybridized carbons (Fsp3) is 0.556. The minimum absolute atomic E-state index is 0. The van der Waals surface area contributed by atoms with Gasteiger partial charge < -0.3 is 16.0 Å². The van der Waals surface area contributed by atoms with Crippen molar-refractivity contribution >= 4 is 24.2 Å². The lowest BCUT2D eigenvalue weighted by Gasteiger charge is -2.39. The summed E-state index contributed by atoms with van der Waals surface area (Å²) in [6.07, 6.45) is 1.61. The summed E-state index contributed by atoms with van der Waals surface area (Å²) in [6.45, 7) is 7.24. The highest BCUT2D eigenvalue weighted by Gasteiger charge is 2.39. The van der Waals surface area contributed by atoms with Gasteiger partial charge >= 0.3 is 0 Å². The first-order valence-electron chi connectivity index (χ1n) is 8.13. The van der Waals surface area contributed by atoms with Crippen LogP contribution < -0.4 is 11.1 Å². The van der Waals surface area contributed by atoms with Crippen molar-refractivity contribution in [3.8, 4) is 0 Å². The van der Waals surface area contributed by atoms with Gasteiger partial charge in [-0.3, -0.25) is 9.59 Å². The zero-order valence-corrected chi connectivity index (χ0v) is 15.5. The smallest absolute Gasteiger partial charge is 0.253 e. The van der Waals surface area contributed by atoms with E-state index >= 15 is 0 Å². The molecule has 1 aliphatic rings. The molecule has 6 heteroatoms. The molecule has 0 bridgehead atoms. The molecular formula is C18H28ClN3O2. The van der Waals surface area contributed by atoms with Gasteiger partial charge in [0.2, 0.25) is 5.91 Å². The summed E-state index contributed by atoms with van der Waals surface area (Å²) in [7, 11) is 0. The third-order valence-electron chi connectivity index (χ3n) is 4.26. The second-order valence-electron chi connectivity index (χ2n) is 7.43. The second kappa shape index (κ2) is 7.99. The van der Waals surface area contributed by atoms with Crippen LogP contribution >= 0.6 is 12.4 Å². The molecule has 3 N–H and O–H groups in total. The molecule has 2 amide bonds. The maximum Gasteiger partial charge on any atom is 0.253 e. The number of amides is 2. The summed E-state index contributed by atoms with van der Waals surface area (Å²) < 4.78 is 0. The zero-order chi connectivity index (χ0) is 17.1. The Morgan fingerprint density at radius 2 is 1.92 bits per heavy atom. The number of carbonyl (C=O) groups excluding carboxylic acids is 2. The van der Waals surface area contributed by atoms with E-state index in [1.54, 1.807) is 4.90 Å². The number of hydrogen-bond acceptors (Lipinski definition) is 3. The number of rotatable bonds is 4. The molecule has 1 saturated heterocycles. The average molecular weight is 354 g/mol. The van der Waals surface area contributed by atoms with Crippen molar-refractivity contribution in [3.63, 3.8) is 0 Å².